The van der Waals surface area contributed by atoms with Crippen LogP contribution in [0.3, 0.4) is 0 Å². The van der Waals surface area contributed by atoms with Gasteiger partial charge in [-0.2, -0.15) is 0 Å². The van der Waals surface area contributed by atoms with Crippen LogP contribution in [-0.4, -0.2) is 19.1 Å². The fourth-order valence-electron chi connectivity index (χ4n) is 4.27. The summed E-state index contributed by atoms with van der Waals surface area (Å²) in [5.41, 5.74) is 10.8. The van der Waals surface area contributed by atoms with E-state index < -0.39 is 0 Å². The van der Waals surface area contributed by atoms with Gasteiger partial charge in [0.1, 0.15) is 0 Å². The molecule has 0 saturated carbocycles. The van der Waals surface area contributed by atoms with Crippen LogP contribution >= 0.6 is 11.6 Å². The van der Waals surface area contributed by atoms with E-state index in [0.717, 1.165) is 27.9 Å². The number of rotatable bonds is 6. The first-order chi connectivity index (χ1) is 15.8. The summed E-state index contributed by atoms with van der Waals surface area (Å²) in [6.07, 6.45) is 0.255. The van der Waals surface area contributed by atoms with Gasteiger partial charge in [-0.25, -0.2) is 0 Å². The van der Waals surface area contributed by atoms with Crippen molar-refractivity contribution in [1.82, 2.24) is 0 Å². The number of methoxy groups -OCH3 is 1. The number of benzene rings is 3. The van der Waals surface area contributed by atoms with Gasteiger partial charge in [0.05, 0.1) is 25.7 Å². The van der Waals surface area contributed by atoms with E-state index in [-0.39, 0.29) is 30.5 Å². The van der Waals surface area contributed by atoms with Gasteiger partial charge in [-0.15, -0.1) is 0 Å². The zero-order chi connectivity index (χ0) is 23.7. The molecular formula is C27H29ClN2O3. The number of fused-ring (bicyclic) bond motifs is 1. The average Bonchev–Trinajstić information content (AvgIpc) is 2.78. The average molecular weight is 465 g/mol. The lowest BCUT2D eigenvalue weighted by molar-refractivity contribution is -0.118. The van der Waals surface area contributed by atoms with Crippen LogP contribution in [0.4, 0.5) is 5.69 Å². The van der Waals surface area contributed by atoms with Gasteiger partial charge in [-0.3, -0.25) is 4.79 Å². The Kier molecular flexibility index (Phi) is 6.63. The van der Waals surface area contributed by atoms with Crippen molar-refractivity contribution < 1.29 is 14.3 Å². The lowest BCUT2D eigenvalue weighted by Crippen LogP contribution is -2.41. The SMILES string of the molecule is COc1cc2c(cc1OC(C)C)C(c1ccc(Cl)cc1)N(c1ccc([C@H](C)N)cc1)C(=O)C2. The minimum absolute atomic E-state index is 0.00979. The normalized spacial score (nSPS) is 16.5. The molecule has 172 valence electrons. The molecule has 1 aliphatic rings. The summed E-state index contributed by atoms with van der Waals surface area (Å²) in [6.45, 7) is 5.90. The van der Waals surface area contributed by atoms with Crippen molar-refractivity contribution in [2.75, 3.05) is 12.0 Å². The lowest BCUT2D eigenvalue weighted by atomic mass is 9.86. The molecule has 33 heavy (non-hydrogen) atoms. The molecule has 3 aromatic rings. The van der Waals surface area contributed by atoms with Gasteiger partial charge in [0.2, 0.25) is 5.91 Å². The quantitative estimate of drug-likeness (QED) is 0.498. The Hall–Kier alpha value is -3.02. The molecule has 4 rings (SSSR count). The Balaban J connectivity index is 1.89. The number of nitrogens with two attached hydrogens (primary N) is 1. The van der Waals surface area contributed by atoms with Gasteiger partial charge in [0.15, 0.2) is 11.5 Å². The molecule has 2 atom stereocenters. The number of carbonyl (C=O) groups excluding carboxylic acids is 1. The highest BCUT2D eigenvalue weighted by Gasteiger charge is 2.36. The van der Waals surface area contributed by atoms with Crippen molar-refractivity contribution in [2.45, 2.75) is 45.4 Å². The zero-order valence-electron chi connectivity index (χ0n) is 19.3. The first-order valence-corrected chi connectivity index (χ1v) is 11.5. The number of ether oxygens (including phenoxy) is 2. The van der Waals surface area contributed by atoms with Crippen LogP contribution < -0.4 is 20.1 Å². The molecule has 2 N–H and O–H groups in total. The highest BCUT2D eigenvalue weighted by molar-refractivity contribution is 6.30. The molecule has 0 spiro atoms. The van der Waals surface area contributed by atoms with E-state index in [9.17, 15) is 4.79 Å². The second-order valence-corrected chi connectivity index (χ2v) is 9.08. The first kappa shape index (κ1) is 23.1. The second kappa shape index (κ2) is 9.46. The molecule has 0 aromatic heterocycles. The number of carbonyl (C=O) groups is 1. The number of hydrogen-bond donors (Lipinski definition) is 1. The van der Waals surface area contributed by atoms with Crippen molar-refractivity contribution >= 4 is 23.2 Å². The van der Waals surface area contributed by atoms with Crippen LogP contribution in [-0.2, 0) is 11.2 Å². The molecule has 6 heteroatoms. The molecule has 0 aliphatic carbocycles. The molecule has 0 fully saturated rings. The zero-order valence-corrected chi connectivity index (χ0v) is 20.1. The van der Waals surface area contributed by atoms with Crippen LogP contribution in [0.2, 0.25) is 5.02 Å². The number of hydrogen-bond acceptors (Lipinski definition) is 4. The van der Waals surface area contributed by atoms with Crippen LogP contribution in [0.15, 0.2) is 60.7 Å². The molecule has 3 aromatic carbocycles. The number of nitrogens with zero attached hydrogens (tertiary/aromatic N) is 1. The van der Waals surface area contributed by atoms with E-state index in [0.29, 0.717) is 16.5 Å². The minimum Gasteiger partial charge on any atom is -0.493 e. The van der Waals surface area contributed by atoms with E-state index in [2.05, 4.69) is 0 Å². The van der Waals surface area contributed by atoms with E-state index in [1.807, 2.05) is 86.3 Å². The fourth-order valence-corrected chi connectivity index (χ4v) is 4.39. The molecular weight excluding hydrogens is 436 g/mol. The lowest BCUT2D eigenvalue weighted by Gasteiger charge is -2.38. The molecule has 0 bridgehead atoms. The number of amides is 1. The van der Waals surface area contributed by atoms with Crippen molar-refractivity contribution in [2.24, 2.45) is 5.73 Å². The minimum atomic E-state index is -0.333. The standard InChI is InChI=1S/C27H29ClN2O3/c1-16(2)33-25-15-23-20(13-24(25)32-4)14-26(31)30(22-11-7-18(8-12-22)17(3)29)27(23)19-5-9-21(28)10-6-19/h5-13,15-17,27H,14,29H2,1-4H3/t17-,27?/m0/s1. The van der Waals surface area contributed by atoms with Gasteiger partial charge in [0, 0.05) is 16.8 Å². The highest BCUT2D eigenvalue weighted by atomic mass is 35.5. The van der Waals surface area contributed by atoms with E-state index in [1.165, 1.54) is 0 Å². The number of halogens is 1. The topological polar surface area (TPSA) is 64.8 Å². The summed E-state index contributed by atoms with van der Waals surface area (Å²) in [4.78, 5) is 15.3. The Morgan fingerprint density at radius 1 is 1.00 bits per heavy atom. The molecule has 1 unspecified atom stereocenters. The van der Waals surface area contributed by atoms with Gasteiger partial charge in [-0.1, -0.05) is 35.9 Å². The summed E-state index contributed by atoms with van der Waals surface area (Å²) in [6, 6.07) is 19.0. The summed E-state index contributed by atoms with van der Waals surface area (Å²) in [5.74, 6) is 1.29. The Bertz CT molecular complexity index is 1140. The van der Waals surface area contributed by atoms with Gasteiger partial charge in [0.25, 0.3) is 0 Å². The maximum atomic E-state index is 13.5. The van der Waals surface area contributed by atoms with Crippen molar-refractivity contribution in [3.63, 3.8) is 0 Å². The van der Waals surface area contributed by atoms with Gasteiger partial charge in [-0.05, 0) is 79.4 Å². The summed E-state index contributed by atoms with van der Waals surface area (Å²) in [7, 11) is 1.61. The second-order valence-electron chi connectivity index (χ2n) is 8.64. The third-order valence-corrected chi connectivity index (χ3v) is 6.09. The Morgan fingerprint density at radius 2 is 1.67 bits per heavy atom. The van der Waals surface area contributed by atoms with Crippen LogP contribution in [0.1, 0.15) is 55.1 Å². The smallest absolute Gasteiger partial charge is 0.232 e. The Labute approximate surface area is 200 Å². The molecule has 0 saturated heterocycles. The maximum absolute atomic E-state index is 13.5. The van der Waals surface area contributed by atoms with Crippen LogP contribution in [0, 0.1) is 0 Å². The van der Waals surface area contributed by atoms with Crippen molar-refractivity contribution in [3.05, 3.63) is 87.9 Å². The largest absolute Gasteiger partial charge is 0.493 e. The molecule has 1 aliphatic heterocycles. The Morgan fingerprint density at radius 3 is 2.24 bits per heavy atom. The summed E-state index contributed by atoms with van der Waals surface area (Å²) < 4.78 is 11.6. The van der Waals surface area contributed by atoms with E-state index in [4.69, 9.17) is 26.8 Å². The monoisotopic (exact) mass is 464 g/mol. The molecule has 5 nitrogen and oxygen atoms in total. The van der Waals surface area contributed by atoms with Gasteiger partial charge >= 0.3 is 0 Å². The third-order valence-electron chi connectivity index (χ3n) is 5.83. The summed E-state index contributed by atoms with van der Waals surface area (Å²) >= 11 is 6.17. The predicted molar refractivity (Wildman–Crippen MR) is 132 cm³/mol. The van der Waals surface area contributed by atoms with Crippen molar-refractivity contribution in [3.8, 4) is 11.5 Å². The molecule has 1 heterocycles. The summed E-state index contributed by atoms with van der Waals surface area (Å²) in [5, 5.41) is 0.646. The predicted octanol–water partition coefficient (Wildman–Crippen LogP) is 5.83. The van der Waals surface area contributed by atoms with E-state index >= 15 is 0 Å². The maximum Gasteiger partial charge on any atom is 0.232 e. The third kappa shape index (κ3) is 4.70. The van der Waals surface area contributed by atoms with Crippen LogP contribution in [0.5, 0.6) is 11.5 Å². The number of anilines is 1. The fraction of sp³-hybridized carbons (Fsp3) is 0.296. The van der Waals surface area contributed by atoms with Crippen molar-refractivity contribution in [1.29, 1.82) is 0 Å². The van der Waals surface area contributed by atoms with Gasteiger partial charge < -0.3 is 20.1 Å². The first-order valence-electron chi connectivity index (χ1n) is 11.1. The highest BCUT2D eigenvalue weighted by Crippen LogP contribution is 2.43. The van der Waals surface area contributed by atoms with E-state index in [1.54, 1.807) is 7.11 Å². The van der Waals surface area contributed by atoms with Crippen LogP contribution in [0.25, 0.3) is 0 Å². The molecule has 1 amide bonds. The molecule has 0 radical (unpaired) electrons.